The Kier molecular flexibility index (Phi) is 4.52. The third-order valence-corrected chi connectivity index (χ3v) is 4.85. The van der Waals surface area contributed by atoms with E-state index in [0.717, 1.165) is 37.6 Å². The Morgan fingerprint density at radius 1 is 1.45 bits per heavy atom. The zero-order valence-corrected chi connectivity index (χ0v) is 14.0. The summed E-state index contributed by atoms with van der Waals surface area (Å²) in [6.07, 6.45) is 4.87. The highest BCUT2D eigenvalue weighted by Crippen LogP contribution is 2.32. The first kappa shape index (κ1) is 15.5. The lowest BCUT2D eigenvalue weighted by Gasteiger charge is -2.21. The predicted octanol–water partition coefficient (Wildman–Crippen LogP) is 2.17. The number of nitrogens with zero attached hydrogens (tertiary/aromatic N) is 3. The smallest absolute Gasteiger partial charge is 0.222 e. The summed E-state index contributed by atoms with van der Waals surface area (Å²) in [7, 11) is 1.87. The first-order valence-corrected chi connectivity index (χ1v) is 8.47. The minimum Gasteiger partial charge on any atom is -0.376 e. The van der Waals surface area contributed by atoms with Crippen LogP contribution >= 0.6 is 0 Å². The topological polar surface area (TPSA) is 47.4 Å². The molecule has 1 amide bonds. The minimum absolute atomic E-state index is 0.192. The number of ether oxygens (including phenoxy) is 1. The maximum Gasteiger partial charge on any atom is 0.222 e. The van der Waals surface area contributed by atoms with Gasteiger partial charge >= 0.3 is 0 Å². The molecule has 0 aromatic carbocycles. The lowest BCUT2D eigenvalue weighted by molar-refractivity contribution is -0.131. The fourth-order valence-corrected chi connectivity index (χ4v) is 2.96. The van der Waals surface area contributed by atoms with E-state index in [9.17, 15) is 4.79 Å². The Hall–Kier alpha value is -1.36. The third kappa shape index (κ3) is 3.35. The normalized spacial score (nSPS) is 17.6. The van der Waals surface area contributed by atoms with Crippen molar-refractivity contribution in [2.45, 2.75) is 65.1 Å². The second-order valence-electron chi connectivity index (χ2n) is 6.90. The average Bonchev–Trinajstić information content (AvgIpc) is 3.26. The summed E-state index contributed by atoms with van der Waals surface area (Å²) in [6, 6.07) is 0.247. The van der Waals surface area contributed by atoms with Gasteiger partial charge in [-0.15, -0.1) is 0 Å². The van der Waals surface area contributed by atoms with E-state index in [1.54, 1.807) is 0 Å². The van der Waals surface area contributed by atoms with Gasteiger partial charge in [-0.1, -0.05) is 0 Å². The number of hydrogen-bond donors (Lipinski definition) is 0. The van der Waals surface area contributed by atoms with Crippen molar-refractivity contribution in [1.82, 2.24) is 14.7 Å². The van der Waals surface area contributed by atoms with E-state index >= 15 is 0 Å². The number of aryl methyl sites for hydroxylation is 1. The largest absolute Gasteiger partial charge is 0.376 e. The highest BCUT2D eigenvalue weighted by Gasteiger charge is 2.27. The van der Waals surface area contributed by atoms with Crippen LogP contribution < -0.4 is 0 Å². The van der Waals surface area contributed by atoms with Crippen LogP contribution in [-0.4, -0.2) is 40.3 Å². The predicted molar refractivity (Wildman–Crippen MR) is 84.5 cm³/mol. The second-order valence-corrected chi connectivity index (χ2v) is 6.90. The standard InChI is InChI=1S/C17H27N3O2/c1-12(2)19(3)17(21)7-6-15-14-11-22-9-8-16(14)20(18-15)10-13-4-5-13/h12-13H,4-11H2,1-3H3. The Morgan fingerprint density at radius 3 is 2.91 bits per heavy atom. The van der Waals surface area contributed by atoms with Crippen LogP contribution in [0.1, 0.15) is 50.1 Å². The van der Waals surface area contributed by atoms with Crippen molar-refractivity contribution in [2.75, 3.05) is 13.7 Å². The van der Waals surface area contributed by atoms with Gasteiger partial charge in [-0.3, -0.25) is 9.48 Å². The van der Waals surface area contributed by atoms with E-state index in [1.807, 2.05) is 25.8 Å². The van der Waals surface area contributed by atoms with Crippen molar-refractivity contribution >= 4 is 5.91 Å². The number of rotatable bonds is 6. The molecule has 1 saturated carbocycles. The summed E-state index contributed by atoms with van der Waals surface area (Å²) in [4.78, 5) is 14.0. The molecule has 0 radical (unpaired) electrons. The van der Waals surface area contributed by atoms with Crippen molar-refractivity contribution in [1.29, 1.82) is 0 Å². The van der Waals surface area contributed by atoms with Crippen molar-refractivity contribution < 1.29 is 9.53 Å². The van der Waals surface area contributed by atoms with Gasteiger partial charge in [0.1, 0.15) is 0 Å². The first-order valence-electron chi connectivity index (χ1n) is 8.47. The first-order chi connectivity index (χ1) is 10.6. The van der Waals surface area contributed by atoms with Gasteiger partial charge in [-0.2, -0.15) is 5.10 Å². The van der Waals surface area contributed by atoms with E-state index in [1.165, 1.54) is 24.1 Å². The fourth-order valence-electron chi connectivity index (χ4n) is 2.96. The van der Waals surface area contributed by atoms with Crippen LogP contribution in [0.3, 0.4) is 0 Å². The van der Waals surface area contributed by atoms with Gasteiger partial charge in [-0.05, 0) is 32.6 Å². The zero-order chi connectivity index (χ0) is 15.7. The highest BCUT2D eigenvalue weighted by atomic mass is 16.5. The summed E-state index contributed by atoms with van der Waals surface area (Å²) in [6.45, 7) is 6.57. The number of aromatic nitrogens is 2. The van der Waals surface area contributed by atoms with Crippen LogP contribution in [0.15, 0.2) is 0 Å². The molecule has 1 fully saturated rings. The van der Waals surface area contributed by atoms with Gasteiger partial charge in [-0.25, -0.2) is 0 Å². The molecule has 0 saturated heterocycles. The Labute approximate surface area is 132 Å². The molecule has 0 bridgehead atoms. The SMILES string of the molecule is CC(C)N(C)C(=O)CCc1nn(CC2CC2)c2c1COCC2. The van der Waals surface area contributed by atoms with Crippen molar-refractivity contribution in [3.8, 4) is 0 Å². The van der Waals surface area contributed by atoms with Crippen molar-refractivity contribution in [3.05, 3.63) is 17.0 Å². The van der Waals surface area contributed by atoms with Gasteiger partial charge in [0.25, 0.3) is 0 Å². The molecular formula is C17H27N3O2. The van der Waals surface area contributed by atoms with Gasteiger partial charge in [0.05, 0.1) is 18.9 Å². The Bertz CT molecular complexity index is 546. The summed E-state index contributed by atoms with van der Waals surface area (Å²) in [5, 5.41) is 4.81. The average molecular weight is 305 g/mol. The molecule has 22 heavy (non-hydrogen) atoms. The lowest BCUT2D eigenvalue weighted by Crippen LogP contribution is -2.33. The van der Waals surface area contributed by atoms with E-state index < -0.39 is 0 Å². The molecule has 122 valence electrons. The van der Waals surface area contributed by atoms with Gasteiger partial charge in [0, 0.05) is 50.2 Å². The number of fused-ring (bicyclic) bond motifs is 1. The maximum atomic E-state index is 12.2. The quantitative estimate of drug-likeness (QED) is 0.809. The molecule has 1 aromatic rings. The van der Waals surface area contributed by atoms with Crippen LogP contribution in [0.25, 0.3) is 0 Å². The molecular weight excluding hydrogens is 278 g/mol. The van der Waals surface area contributed by atoms with Crippen LogP contribution in [0.2, 0.25) is 0 Å². The summed E-state index contributed by atoms with van der Waals surface area (Å²) in [5.74, 6) is 1.01. The summed E-state index contributed by atoms with van der Waals surface area (Å²) in [5.41, 5.74) is 3.66. The molecule has 1 aliphatic heterocycles. The van der Waals surface area contributed by atoms with Crippen molar-refractivity contribution in [2.24, 2.45) is 5.92 Å². The highest BCUT2D eigenvalue weighted by molar-refractivity contribution is 5.76. The third-order valence-electron chi connectivity index (χ3n) is 4.85. The molecule has 0 atom stereocenters. The maximum absolute atomic E-state index is 12.2. The van der Waals surface area contributed by atoms with Gasteiger partial charge < -0.3 is 9.64 Å². The molecule has 0 N–H and O–H groups in total. The number of carbonyl (C=O) groups excluding carboxylic acids is 1. The van der Waals surface area contributed by atoms with Gasteiger partial charge in [0.15, 0.2) is 0 Å². The summed E-state index contributed by atoms with van der Waals surface area (Å²) >= 11 is 0. The molecule has 3 rings (SSSR count). The number of amides is 1. The molecule has 1 aromatic heterocycles. The zero-order valence-electron chi connectivity index (χ0n) is 14.0. The van der Waals surface area contributed by atoms with E-state index in [4.69, 9.17) is 9.84 Å². The minimum atomic E-state index is 0.192. The van der Waals surface area contributed by atoms with Crippen LogP contribution in [0.4, 0.5) is 0 Å². The van der Waals surface area contributed by atoms with Gasteiger partial charge in [0.2, 0.25) is 5.91 Å². The summed E-state index contributed by atoms with van der Waals surface area (Å²) < 4.78 is 7.81. The molecule has 1 aliphatic carbocycles. The van der Waals surface area contributed by atoms with Crippen LogP contribution in [0.5, 0.6) is 0 Å². The number of hydrogen-bond acceptors (Lipinski definition) is 3. The molecule has 5 heteroatoms. The number of carbonyl (C=O) groups is 1. The van der Waals surface area contributed by atoms with Crippen LogP contribution in [0, 0.1) is 5.92 Å². The Balaban J connectivity index is 1.70. The fraction of sp³-hybridized carbons (Fsp3) is 0.765. The van der Waals surface area contributed by atoms with Crippen LogP contribution in [-0.2, 0) is 35.5 Å². The Morgan fingerprint density at radius 2 is 2.23 bits per heavy atom. The van der Waals surface area contributed by atoms with Crippen molar-refractivity contribution in [3.63, 3.8) is 0 Å². The molecule has 2 heterocycles. The lowest BCUT2D eigenvalue weighted by atomic mass is 10.1. The van der Waals surface area contributed by atoms with E-state index in [-0.39, 0.29) is 11.9 Å². The molecule has 0 spiro atoms. The molecule has 5 nitrogen and oxygen atoms in total. The van der Waals surface area contributed by atoms with E-state index in [2.05, 4.69) is 4.68 Å². The molecule has 2 aliphatic rings. The van der Waals surface area contributed by atoms with E-state index in [0.29, 0.717) is 13.0 Å². The monoisotopic (exact) mass is 305 g/mol. The second kappa shape index (κ2) is 6.41. The molecule has 0 unspecified atom stereocenters.